The molecular weight excluding hydrogens is 400 g/mol. The molecule has 0 saturated heterocycles. The lowest BCUT2D eigenvalue weighted by Gasteiger charge is -2.38. The summed E-state index contributed by atoms with van der Waals surface area (Å²) in [7, 11) is 3.27. The average molecular weight is 421 g/mol. The van der Waals surface area contributed by atoms with Crippen LogP contribution < -0.4 is 14.2 Å². The first-order valence-electron chi connectivity index (χ1n) is 9.77. The first-order valence-corrected chi connectivity index (χ1v) is 10.1. The van der Waals surface area contributed by atoms with Gasteiger partial charge in [0.2, 0.25) is 6.23 Å². The van der Waals surface area contributed by atoms with E-state index < -0.39 is 0 Å². The third-order valence-electron chi connectivity index (χ3n) is 5.55. The molecule has 0 fully saturated rings. The van der Waals surface area contributed by atoms with Gasteiger partial charge in [-0.15, -0.1) is 0 Å². The third-order valence-corrected chi connectivity index (χ3v) is 5.78. The molecule has 0 radical (unpaired) electrons. The highest BCUT2D eigenvalue weighted by molar-refractivity contribution is 6.30. The van der Waals surface area contributed by atoms with Crippen molar-refractivity contribution in [3.05, 3.63) is 88.4 Å². The van der Waals surface area contributed by atoms with Crippen LogP contribution in [0.25, 0.3) is 0 Å². The second kappa shape index (κ2) is 7.58. The van der Waals surface area contributed by atoms with E-state index in [1.807, 2.05) is 65.7 Å². The summed E-state index contributed by atoms with van der Waals surface area (Å²) in [6.07, 6.45) is 0.425. The van der Waals surface area contributed by atoms with Crippen molar-refractivity contribution in [1.82, 2.24) is 5.01 Å². The van der Waals surface area contributed by atoms with Crippen LogP contribution in [0.5, 0.6) is 17.2 Å². The number of halogens is 1. The molecule has 2 atom stereocenters. The molecule has 0 amide bonds. The molecular formula is C24H21ClN2O3. The molecule has 0 spiro atoms. The monoisotopic (exact) mass is 420 g/mol. The largest absolute Gasteiger partial charge is 0.493 e. The van der Waals surface area contributed by atoms with Gasteiger partial charge in [0, 0.05) is 28.1 Å². The molecule has 0 aromatic heterocycles. The van der Waals surface area contributed by atoms with Crippen LogP contribution in [0.3, 0.4) is 0 Å². The number of hydrogen-bond donors (Lipinski definition) is 0. The van der Waals surface area contributed by atoms with Gasteiger partial charge in [0.15, 0.2) is 11.5 Å². The fraction of sp³-hybridized carbons (Fsp3) is 0.208. The number of rotatable bonds is 4. The number of ether oxygens (including phenoxy) is 3. The molecule has 2 heterocycles. The summed E-state index contributed by atoms with van der Waals surface area (Å²) in [5.74, 6) is 2.26. The zero-order valence-corrected chi connectivity index (χ0v) is 17.5. The van der Waals surface area contributed by atoms with Crippen molar-refractivity contribution < 1.29 is 14.2 Å². The number of hydrazone groups is 1. The number of para-hydroxylation sites is 1. The predicted molar refractivity (Wildman–Crippen MR) is 117 cm³/mol. The van der Waals surface area contributed by atoms with Gasteiger partial charge in [0.25, 0.3) is 0 Å². The van der Waals surface area contributed by atoms with E-state index in [0.717, 1.165) is 34.6 Å². The van der Waals surface area contributed by atoms with Crippen LogP contribution in [0.1, 0.15) is 35.4 Å². The average Bonchev–Trinajstić information content (AvgIpc) is 3.24. The summed E-state index contributed by atoms with van der Waals surface area (Å²) in [6, 6.07) is 21.9. The second-order valence-electron chi connectivity index (χ2n) is 7.28. The van der Waals surface area contributed by atoms with Gasteiger partial charge in [-0.2, -0.15) is 5.10 Å². The lowest BCUT2D eigenvalue weighted by atomic mass is 9.96. The number of methoxy groups -OCH3 is 2. The van der Waals surface area contributed by atoms with Gasteiger partial charge in [-0.3, -0.25) is 0 Å². The molecule has 5 rings (SSSR count). The van der Waals surface area contributed by atoms with Crippen molar-refractivity contribution >= 4 is 17.3 Å². The Bertz CT molecular complexity index is 1130. The van der Waals surface area contributed by atoms with Crippen LogP contribution in [0.4, 0.5) is 0 Å². The lowest BCUT2D eigenvalue weighted by molar-refractivity contribution is -0.0190. The molecule has 5 nitrogen and oxygen atoms in total. The fourth-order valence-corrected chi connectivity index (χ4v) is 4.30. The first-order chi connectivity index (χ1) is 14.7. The van der Waals surface area contributed by atoms with Crippen molar-refractivity contribution in [3.8, 4) is 17.2 Å². The molecule has 3 aromatic rings. The molecule has 0 N–H and O–H groups in total. The Labute approximate surface area is 180 Å². The highest BCUT2D eigenvalue weighted by Gasteiger charge is 2.41. The van der Waals surface area contributed by atoms with Crippen molar-refractivity contribution in [2.45, 2.75) is 18.7 Å². The lowest BCUT2D eigenvalue weighted by Crippen LogP contribution is -2.33. The topological polar surface area (TPSA) is 43.3 Å². The molecule has 0 bridgehead atoms. The molecule has 0 aliphatic carbocycles. The second-order valence-corrected chi connectivity index (χ2v) is 7.72. The Kier molecular flexibility index (Phi) is 4.75. The van der Waals surface area contributed by atoms with E-state index in [0.29, 0.717) is 16.5 Å². The Morgan fingerprint density at radius 2 is 1.80 bits per heavy atom. The Balaban J connectivity index is 1.58. The SMILES string of the molecule is COc1ccc(C2=NN3[C@@H](c4cccc(Cl)c4)Oc4ccccc4[C@@H]3C2)cc1OC. The third kappa shape index (κ3) is 3.15. The molecule has 30 heavy (non-hydrogen) atoms. The molecule has 3 aromatic carbocycles. The van der Waals surface area contributed by atoms with Gasteiger partial charge < -0.3 is 14.2 Å². The fourth-order valence-electron chi connectivity index (χ4n) is 4.10. The van der Waals surface area contributed by atoms with E-state index in [2.05, 4.69) is 6.07 Å². The summed E-state index contributed by atoms with van der Waals surface area (Å²) < 4.78 is 17.2. The minimum absolute atomic E-state index is 0.0852. The van der Waals surface area contributed by atoms with Gasteiger partial charge in [-0.1, -0.05) is 41.9 Å². The van der Waals surface area contributed by atoms with E-state index in [4.69, 9.17) is 30.9 Å². The van der Waals surface area contributed by atoms with E-state index in [9.17, 15) is 0 Å². The van der Waals surface area contributed by atoms with Crippen LogP contribution in [0.2, 0.25) is 5.02 Å². The van der Waals surface area contributed by atoms with Gasteiger partial charge in [0.1, 0.15) is 5.75 Å². The molecule has 2 aliphatic rings. The highest BCUT2D eigenvalue weighted by Crippen LogP contribution is 2.47. The maximum absolute atomic E-state index is 6.37. The van der Waals surface area contributed by atoms with Crippen LogP contribution in [-0.4, -0.2) is 24.9 Å². The molecule has 6 heteroatoms. The van der Waals surface area contributed by atoms with Crippen LogP contribution >= 0.6 is 11.6 Å². The normalized spacial score (nSPS) is 19.4. The van der Waals surface area contributed by atoms with Crippen molar-refractivity contribution in [3.63, 3.8) is 0 Å². The quantitative estimate of drug-likeness (QED) is 0.551. The molecule has 152 valence electrons. The van der Waals surface area contributed by atoms with Crippen molar-refractivity contribution in [2.24, 2.45) is 5.10 Å². The van der Waals surface area contributed by atoms with Crippen LogP contribution in [0.15, 0.2) is 71.8 Å². The van der Waals surface area contributed by atoms with Crippen molar-refractivity contribution in [2.75, 3.05) is 14.2 Å². The van der Waals surface area contributed by atoms with Gasteiger partial charge in [0.05, 0.1) is 26.0 Å². The maximum atomic E-state index is 6.37. The minimum atomic E-state index is -0.346. The summed E-state index contributed by atoms with van der Waals surface area (Å²) in [5, 5.41) is 7.70. The van der Waals surface area contributed by atoms with Crippen LogP contribution in [0, 0.1) is 0 Å². The number of benzene rings is 3. The number of nitrogens with zero attached hydrogens (tertiary/aromatic N) is 2. The van der Waals surface area contributed by atoms with Crippen LogP contribution in [-0.2, 0) is 0 Å². The number of fused-ring (bicyclic) bond motifs is 3. The van der Waals surface area contributed by atoms with Gasteiger partial charge >= 0.3 is 0 Å². The van der Waals surface area contributed by atoms with Gasteiger partial charge in [-0.05, 0) is 36.4 Å². The van der Waals surface area contributed by atoms with E-state index >= 15 is 0 Å². The van der Waals surface area contributed by atoms with Gasteiger partial charge in [-0.25, -0.2) is 5.01 Å². The Morgan fingerprint density at radius 1 is 0.967 bits per heavy atom. The summed E-state index contributed by atoms with van der Waals surface area (Å²) in [6.45, 7) is 0. The predicted octanol–water partition coefficient (Wildman–Crippen LogP) is 5.60. The molecule has 0 saturated carbocycles. The van der Waals surface area contributed by atoms with Crippen molar-refractivity contribution in [1.29, 1.82) is 0 Å². The first kappa shape index (κ1) is 18.8. The smallest absolute Gasteiger partial charge is 0.213 e. The minimum Gasteiger partial charge on any atom is -0.493 e. The van der Waals surface area contributed by atoms with E-state index in [-0.39, 0.29) is 12.3 Å². The highest BCUT2D eigenvalue weighted by atomic mass is 35.5. The summed E-state index contributed by atoms with van der Waals surface area (Å²) in [4.78, 5) is 0. The standard InChI is InChI=1S/C24H21ClN2O3/c1-28-22-11-10-15(13-23(22)29-2)19-14-20-18-8-3-4-9-21(18)30-24(27(20)26-19)16-6-5-7-17(25)12-16/h3-13,20,24H,14H2,1-2H3/t20-,24+/m0/s1. The summed E-state index contributed by atoms with van der Waals surface area (Å²) in [5.41, 5.74) is 4.09. The zero-order chi connectivity index (χ0) is 20.7. The maximum Gasteiger partial charge on any atom is 0.213 e. The number of hydrogen-bond acceptors (Lipinski definition) is 5. The summed E-state index contributed by atoms with van der Waals surface area (Å²) >= 11 is 6.26. The zero-order valence-electron chi connectivity index (χ0n) is 16.7. The Morgan fingerprint density at radius 3 is 2.60 bits per heavy atom. The molecule has 2 aliphatic heterocycles. The van der Waals surface area contributed by atoms with E-state index in [1.165, 1.54) is 0 Å². The molecule has 0 unspecified atom stereocenters. The Hall–Kier alpha value is -3.18. The van der Waals surface area contributed by atoms with E-state index in [1.54, 1.807) is 14.2 Å².